The van der Waals surface area contributed by atoms with E-state index in [2.05, 4.69) is 4.98 Å². The summed E-state index contributed by atoms with van der Waals surface area (Å²) in [4.78, 5) is 3.29. The lowest BCUT2D eigenvalue weighted by Gasteiger charge is -2.08. The van der Waals surface area contributed by atoms with Crippen LogP contribution in [0.5, 0.6) is 0 Å². The molecule has 0 saturated heterocycles. The van der Waals surface area contributed by atoms with Crippen LogP contribution >= 0.6 is 0 Å². The Balaban J connectivity index is 1.92. The maximum absolute atomic E-state index is 14.1. The Bertz CT molecular complexity index is 1290. The van der Waals surface area contributed by atoms with Gasteiger partial charge >= 0.3 is 0 Å². The minimum Gasteiger partial charge on any atom is -0.360 e. The Morgan fingerprint density at radius 3 is 2.44 bits per heavy atom. The van der Waals surface area contributed by atoms with Crippen molar-refractivity contribution in [3.63, 3.8) is 0 Å². The molecule has 3 aromatic carbocycles. The van der Waals surface area contributed by atoms with Gasteiger partial charge in [0.2, 0.25) is 5.69 Å². The molecule has 5 rings (SSSR count). The van der Waals surface area contributed by atoms with E-state index in [-0.39, 0.29) is 5.82 Å². The van der Waals surface area contributed by atoms with Crippen molar-refractivity contribution >= 4 is 21.7 Å². The van der Waals surface area contributed by atoms with Crippen LogP contribution in [-0.2, 0) is 0 Å². The monoisotopic (exact) mass is 354 g/mol. The van der Waals surface area contributed by atoms with Gasteiger partial charge in [0.1, 0.15) is 5.82 Å². The highest BCUT2D eigenvalue weighted by Gasteiger charge is 2.25. The first-order valence-electron chi connectivity index (χ1n) is 8.78. The molecule has 130 valence electrons. The van der Waals surface area contributed by atoms with Gasteiger partial charge in [-0.1, -0.05) is 47.1 Å². The normalized spacial score (nSPS) is 11.3. The lowest BCUT2D eigenvalue weighted by Crippen LogP contribution is -2.48. The van der Waals surface area contributed by atoms with Crippen molar-refractivity contribution in [2.45, 2.75) is 0 Å². The summed E-state index contributed by atoms with van der Waals surface area (Å²) in [5.74, 6) is 6.31. The van der Waals surface area contributed by atoms with E-state index in [4.69, 9.17) is 5.84 Å². The number of para-hydroxylation sites is 1. The zero-order chi connectivity index (χ0) is 18.4. The van der Waals surface area contributed by atoms with Crippen LogP contribution in [0.15, 0.2) is 85.1 Å². The van der Waals surface area contributed by atoms with Crippen LogP contribution in [0.4, 0.5) is 4.39 Å². The molecule has 0 atom stereocenters. The van der Waals surface area contributed by atoms with E-state index in [9.17, 15) is 4.39 Å². The largest absolute Gasteiger partial charge is 0.360 e. The number of rotatable bonds is 2. The van der Waals surface area contributed by atoms with Crippen molar-refractivity contribution in [2.24, 2.45) is 0 Å². The first-order valence-corrected chi connectivity index (χ1v) is 8.78. The smallest absolute Gasteiger partial charge is 0.252 e. The summed E-state index contributed by atoms with van der Waals surface area (Å²) >= 11 is 0. The van der Waals surface area contributed by atoms with Crippen LogP contribution in [0.2, 0.25) is 0 Å². The lowest BCUT2D eigenvalue weighted by molar-refractivity contribution is -0.614. The molecule has 2 aromatic heterocycles. The van der Waals surface area contributed by atoms with E-state index in [1.807, 2.05) is 66.9 Å². The number of aromatic amines is 1. The van der Waals surface area contributed by atoms with Gasteiger partial charge in [0, 0.05) is 28.7 Å². The van der Waals surface area contributed by atoms with Gasteiger partial charge in [-0.25, -0.2) is 10.2 Å². The standard InChI is InChI=1S/C23H16FN3/c24-17-11-10-16-12-22(15-6-2-1-3-7-15)27(25)23(19(16)13-17)20-14-26-21-9-5-4-8-18(20)21/h1-14H,25H2/p+1. The molecular formula is C23H17FN3+. The maximum Gasteiger partial charge on any atom is 0.252 e. The third kappa shape index (κ3) is 2.46. The van der Waals surface area contributed by atoms with Crippen LogP contribution in [0.1, 0.15) is 0 Å². The number of benzene rings is 3. The van der Waals surface area contributed by atoms with E-state index in [1.54, 1.807) is 16.8 Å². The number of nitrogens with one attached hydrogen (secondary N) is 1. The highest BCUT2D eigenvalue weighted by Crippen LogP contribution is 2.33. The molecule has 3 N–H and O–H groups in total. The van der Waals surface area contributed by atoms with E-state index >= 15 is 0 Å². The molecule has 0 bridgehead atoms. The average molecular weight is 354 g/mol. The van der Waals surface area contributed by atoms with Crippen molar-refractivity contribution in [1.29, 1.82) is 0 Å². The van der Waals surface area contributed by atoms with Crippen molar-refractivity contribution in [1.82, 2.24) is 4.98 Å². The summed E-state index contributed by atoms with van der Waals surface area (Å²) in [6.45, 7) is 0. The van der Waals surface area contributed by atoms with Gasteiger partial charge in [-0.05, 0) is 35.7 Å². The first kappa shape index (κ1) is 15.6. The van der Waals surface area contributed by atoms with Gasteiger partial charge in [0.05, 0.1) is 10.9 Å². The van der Waals surface area contributed by atoms with Crippen LogP contribution in [0, 0.1) is 5.82 Å². The number of hydrogen-bond acceptors (Lipinski definition) is 1. The van der Waals surface area contributed by atoms with Crippen molar-refractivity contribution in [3.8, 4) is 22.5 Å². The molecule has 0 fully saturated rings. The minimum absolute atomic E-state index is 0.281. The zero-order valence-electron chi connectivity index (χ0n) is 14.5. The highest BCUT2D eigenvalue weighted by molar-refractivity contribution is 6.03. The molecule has 0 aliphatic rings. The van der Waals surface area contributed by atoms with Gasteiger partial charge in [-0.2, -0.15) is 0 Å². The van der Waals surface area contributed by atoms with Gasteiger partial charge in [-0.15, -0.1) is 0 Å². The molecule has 0 radical (unpaired) electrons. The first-order chi connectivity index (χ1) is 13.2. The molecule has 3 nitrogen and oxygen atoms in total. The van der Waals surface area contributed by atoms with Gasteiger partial charge in [0.25, 0.3) is 5.69 Å². The molecule has 0 aliphatic carbocycles. The lowest BCUT2D eigenvalue weighted by atomic mass is 10.00. The number of halogens is 1. The van der Waals surface area contributed by atoms with Crippen LogP contribution in [0.25, 0.3) is 44.2 Å². The van der Waals surface area contributed by atoms with Crippen LogP contribution in [-0.4, -0.2) is 4.98 Å². The van der Waals surface area contributed by atoms with Crippen molar-refractivity contribution in [3.05, 3.63) is 90.9 Å². The average Bonchev–Trinajstić information content (AvgIpc) is 3.12. The van der Waals surface area contributed by atoms with E-state index in [1.165, 1.54) is 6.07 Å². The number of nitrogens with two attached hydrogens (primary N) is 1. The van der Waals surface area contributed by atoms with E-state index in [0.29, 0.717) is 0 Å². The minimum atomic E-state index is -0.281. The molecule has 0 saturated carbocycles. The summed E-state index contributed by atoms with van der Waals surface area (Å²) in [7, 11) is 0. The maximum atomic E-state index is 14.1. The van der Waals surface area contributed by atoms with E-state index in [0.717, 1.165) is 44.2 Å². The molecule has 2 heterocycles. The Labute approximate surface area is 155 Å². The second-order valence-corrected chi connectivity index (χ2v) is 6.59. The predicted octanol–water partition coefficient (Wildman–Crippen LogP) is 4.80. The Morgan fingerprint density at radius 2 is 1.59 bits per heavy atom. The van der Waals surface area contributed by atoms with Gasteiger partial charge in [0.15, 0.2) is 0 Å². The molecule has 0 amide bonds. The third-order valence-electron chi connectivity index (χ3n) is 4.98. The number of fused-ring (bicyclic) bond motifs is 2. The molecule has 0 aliphatic heterocycles. The molecular weight excluding hydrogens is 337 g/mol. The Kier molecular flexibility index (Phi) is 3.44. The molecule has 4 heteroatoms. The number of aromatic nitrogens is 2. The second kappa shape index (κ2) is 5.95. The number of nitrogens with zero attached hydrogens (tertiary/aromatic N) is 1. The van der Waals surface area contributed by atoms with Gasteiger partial charge < -0.3 is 4.98 Å². The zero-order valence-corrected chi connectivity index (χ0v) is 14.5. The fourth-order valence-corrected chi connectivity index (χ4v) is 3.70. The summed E-state index contributed by atoms with van der Waals surface area (Å²) in [5.41, 5.74) is 4.62. The number of nitrogen functional groups attached to an aromatic ring is 1. The highest BCUT2D eigenvalue weighted by atomic mass is 19.1. The molecule has 0 unspecified atom stereocenters. The number of H-pyrrole nitrogens is 1. The second-order valence-electron chi connectivity index (χ2n) is 6.59. The Morgan fingerprint density at radius 1 is 0.815 bits per heavy atom. The summed E-state index contributed by atoms with van der Waals surface area (Å²) in [5, 5.41) is 2.77. The molecule has 0 spiro atoms. The van der Waals surface area contributed by atoms with Gasteiger partial charge in [-0.3, -0.25) is 0 Å². The summed E-state index contributed by atoms with van der Waals surface area (Å²) < 4.78 is 15.7. The third-order valence-corrected chi connectivity index (χ3v) is 4.98. The van der Waals surface area contributed by atoms with Crippen molar-refractivity contribution < 1.29 is 9.07 Å². The fraction of sp³-hybridized carbons (Fsp3) is 0. The number of hydrogen-bond donors (Lipinski definition) is 2. The molecule has 27 heavy (non-hydrogen) atoms. The quantitative estimate of drug-likeness (QED) is 0.347. The van der Waals surface area contributed by atoms with Crippen LogP contribution in [0.3, 0.4) is 0 Å². The summed E-state index contributed by atoms with van der Waals surface area (Å²) in [6, 6.07) is 24.8. The fourth-order valence-electron chi connectivity index (χ4n) is 3.70. The number of pyridine rings is 1. The Hall–Kier alpha value is -3.66. The van der Waals surface area contributed by atoms with Crippen molar-refractivity contribution in [2.75, 3.05) is 5.84 Å². The predicted molar refractivity (Wildman–Crippen MR) is 107 cm³/mol. The molecule has 5 aromatic rings. The van der Waals surface area contributed by atoms with E-state index < -0.39 is 0 Å². The topological polar surface area (TPSA) is 45.7 Å². The summed E-state index contributed by atoms with van der Waals surface area (Å²) in [6.07, 6.45) is 1.93. The van der Waals surface area contributed by atoms with Crippen LogP contribution < -0.4 is 10.5 Å². The SMILES string of the molecule is N[n+]1c(-c2ccccc2)cc2ccc(F)cc2c1-c1c[nH]c2ccccc12.